The molecule has 1 N–H and O–H groups in total. The Balaban J connectivity index is 1.82. The van der Waals surface area contributed by atoms with Crippen molar-refractivity contribution in [1.29, 1.82) is 0 Å². The van der Waals surface area contributed by atoms with Crippen molar-refractivity contribution in [3.63, 3.8) is 0 Å². The summed E-state index contributed by atoms with van der Waals surface area (Å²) < 4.78 is 0.718. The van der Waals surface area contributed by atoms with Gasteiger partial charge in [0.25, 0.3) is 0 Å². The molecule has 0 saturated carbocycles. The van der Waals surface area contributed by atoms with Crippen molar-refractivity contribution < 1.29 is 4.79 Å². The van der Waals surface area contributed by atoms with Gasteiger partial charge in [0.15, 0.2) is 0 Å². The minimum absolute atomic E-state index is 0.0207. The molecule has 2 nitrogen and oxygen atoms in total. The number of halogens is 1. The Morgan fingerprint density at radius 2 is 1.94 bits per heavy atom. The highest BCUT2D eigenvalue weighted by atomic mass is 35.5. The zero-order valence-electron chi connectivity index (χ0n) is 9.15. The molecule has 2 rings (SSSR count). The Morgan fingerprint density at radius 1 is 1.18 bits per heavy atom. The predicted octanol–water partition coefficient (Wildman–Crippen LogP) is 3.26. The van der Waals surface area contributed by atoms with Gasteiger partial charge in [0, 0.05) is 11.4 Å². The number of nitrogens with one attached hydrogen (secondary N) is 1. The van der Waals surface area contributed by atoms with Gasteiger partial charge in [-0.25, -0.2) is 0 Å². The highest BCUT2D eigenvalue weighted by Gasteiger charge is 2.05. The predicted molar refractivity (Wildman–Crippen MR) is 71.3 cm³/mol. The minimum Gasteiger partial charge on any atom is -0.352 e. The quantitative estimate of drug-likeness (QED) is 0.903. The molecule has 0 atom stereocenters. The molecule has 0 saturated heterocycles. The van der Waals surface area contributed by atoms with Gasteiger partial charge in [0.1, 0.15) is 0 Å². The Morgan fingerprint density at radius 3 is 2.59 bits per heavy atom. The summed E-state index contributed by atoms with van der Waals surface area (Å²) in [4.78, 5) is 12.6. The van der Waals surface area contributed by atoms with Crippen molar-refractivity contribution in [3.05, 3.63) is 57.2 Å². The van der Waals surface area contributed by atoms with Gasteiger partial charge in [0.05, 0.1) is 10.8 Å². The summed E-state index contributed by atoms with van der Waals surface area (Å²) in [6.45, 7) is 0.568. The molecule has 1 amide bonds. The summed E-state index contributed by atoms with van der Waals surface area (Å²) in [5.74, 6) is 0.0207. The van der Waals surface area contributed by atoms with Crippen LogP contribution in [-0.4, -0.2) is 5.91 Å². The lowest BCUT2D eigenvalue weighted by Crippen LogP contribution is -2.24. The zero-order chi connectivity index (χ0) is 12.1. The van der Waals surface area contributed by atoms with Crippen LogP contribution in [0, 0.1) is 0 Å². The van der Waals surface area contributed by atoms with E-state index in [1.54, 1.807) is 0 Å². The van der Waals surface area contributed by atoms with Crippen LogP contribution in [0.4, 0.5) is 0 Å². The summed E-state index contributed by atoms with van der Waals surface area (Å²) in [5, 5.41) is 2.88. The van der Waals surface area contributed by atoms with Crippen LogP contribution >= 0.6 is 22.9 Å². The second kappa shape index (κ2) is 5.84. The summed E-state index contributed by atoms with van der Waals surface area (Å²) in [5.41, 5.74) is 1.10. The van der Waals surface area contributed by atoms with E-state index in [1.807, 2.05) is 42.5 Å². The average Bonchev–Trinajstić information content (AvgIpc) is 2.73. The van der Waals surface area contributed by atoms with Crippen LogP contribution in [-0.2, 0) is 17.8 Å². The molecule has 0 fully saturated rings. The van der Waals surface area contributed by atoms with E-state index in [-0.39, 0.29) is 5.91 Å². The summed E-state index contributed by atoms with van der Waals surface area (Å²) in [6.07, 6.45) is 0.393. The second-order valence-corrected chi connectivity index (χ2v) is 5.44. The van der Waals surface area contributed by atoms with E-state index in [1.165, 1.54) is 11.3 Å². The van der Waals surface area contributed by atoms with Crippen LogP contribution in [0.15, 0.2) is 42.5 Å². The van der Waals surface area contributed by atoms with Crippen molar-refractivity contribution in [2.24, 2.45) is 0 Å². The van der Waals surface area contributed by atoms with E-state index in [0.29, 0.717) is 13.0 Å². The van der Waals surface area contributed by atoms with Crippen LogP contribution in [0.25, 0.3) is 0 Å². The summed E-state index contributed by atoms with van der Waals surface area (Å²) >= 11 is 7.25. The lowest BCUT2D eigenvalue weighted by atomic mass is 10.2. The highest BCUT2D eigenvalue weighted by molar-refractivity contribution is 7.16. The highest BCUT2D eigenvalue weighted by Crippen LogP contribution is 2.21. The monoisotopic (exact) mass is 265 g/mol. The molecule has 0 aliphatic rings. The fourth-order valence-electron chi connectivity index (χ4n) is 1.46. The van der Waals surface area contributed by atoms with E-state index >= 15 is 0 Å². The number of benzene rings is 1. The molecule has 2 aromatic rings. The largest absolute Gasteiger partial charge is 0.352 e. The van der Waals surface area contributed by atoms with Gasteiger partial charge in [-0.3, -0.25) is 4.79 Å². The third-order valence-electron chi connectivity index (χ3n) is 2.30. The first-order valence-corrected chi connectivity index (χ1v) is 6.48. The fraction of sp³-hybridized carbons (Fsp3) is 0.154. The van der Waals surface area contributed by atoms with E-state index in [2.05, 4.69) is 5.32 Å². The van der Waals surface area contributed by atoms with Gasteiger partial charge in [-0.2, -0.15) is 0 Å². The molecule has 88 valence electrons. The number of hydrogen-bond donors (Lipinski definition) is 1. The van der Waals surface area contributed by atoms with Crippen molar-refractivity contribution in [3.8, 4) is 0 Å². The van der Waals surface area contributed by atoms with Crippen LogP contribution < -0.4 is 5.32 Å². The topological polar surface area (TPSA) is 29.1 Å². The Labute approximate surface area is 109 Å². The second-order valence-electron chi connectivity index (χ2n) is 3.64. The Hall–Kier alpha value is -1.32. The first kappa shape index (κ1) is 12.1. The first-order valence-electron chi connectivity index (χ1n) is 5.29. The number of amides is 1. The van der Waals surface area contributed by atoms with E-state index < -0.39 is 0 Å². The van der Waals surface area contributed by atoms with Crippen molar-refractivity contribution in [2.75, 3.05) is 0 Å². The van der Waals surface area contributed by atoms with E-state index in [4.69, 9.17) is 11.6 Å². The lowest BCUT2D eigenvalue weighted by molar-refractivity contribution is -0.120. The molecule has 1 aromatic carbocycles. The first-order chi connectivity index (χ1) is 8.24. The van der Waals surface area contributed by atoms with E-state index in [9.17, 15) is 4.79 Å². The number of thiophene rings is 1. The molecule has 0 bridgehead atoms. The van der Waals surface area contributed by atoms with Gasteiger partial charge in [-0.1, -0.05) is 41.9 Å². The molecular formula is C13H12ClNOS. The molecular weight excluding hydrogens is 254 g/mol. The van der Waals surface area contributed by atoms with Crippen LogP contribution in [0.2, 0.25) is 4.34 Å². The van der Waals surface area contributed by atoms with Gasteiger partial charge < -0.3 is 5.32 Å². The van der Waals surface area contributed by atoms with Crippen molar-refractivity contribution in [2.45, 2.75) is 13.0 Å². The Kier molecular flexibility index (Phi) is 4.18. The molecule has 4 heteroatoms. The summed E-state index contributed by atoms with van der Waals surface area (Å²) in [6, 6.07) is 13.5. The number of hydrogen-bond acceptors (Lipinski definition) is 2. The third kappa shape index (κ3) is 3.88. The zero-order valence-corrected chi connectivity index (χ0v) is 10.7. The number of carbonyl (C=O) groups is 1. The molecule has 1 heterocycles. The molecule has 0 aliphatic carbocycles. The maximum atomic E-state index is 11.6. The smallest absolute Gasteiger partial charge is 0.225 e. The van der Waals surface area contributed by atoms with Crippen molar-refractivity contribution in [1.82, 2.24) is 5.32 Å². The maximum Gasteiger partial charge on any atom is 0.225 e. The van der Waals surface area contributed by atoms with E-state index in [0.717, 1.165) is 14.8 Å². The number of rotatable bonds is 4. The molecule has 0 spiro atoms. The normalized spacial score (nSPS) is 10.2. The maximum absolute atomic E-state index is 11.6. The number of carbonyl (C=O) groups excluding carboxylic acids is 1. The third-order valence-corrected chi connectivity index (χ3v) is 3.53. The standard InChI is InChI=1S/C13H12ClNOS/c14-12-7-6-11(17-12)8-13(16)15-9-10-4-2-1-3-5-10/h1-7H,8-9H2,(H,15,16). The van der Waals surface area contributed by atoms with Gasteiger partial charge in [0.2, 0.25) is 5.91 Å². The Bertz CT molecular complexity index is 495. The fourth-order valence-corrected chi connectivity index (χ4v) is 2.55. The molecule has 0 unspecified atom stereocenters. The SMILES string of the molecule is O=C(Cc1ccc(Cl)s1)NCc1ccccc1. The average molecular weight is 266 g/mol. The minimum atomic E-state index is 0.0207. The van der Waals surface area contributed by atoms with Crippen LogP contribution in [0.1, 0.15) is 10.4 Å². The lowest BCUT2D eigenvalue weighted by Gasteiger charge is -2.03. The van der Waals surface area contributed by atoms with Gasteiger partial charge in [-0.05, 0) is 17.7 Å². The molecule has 0 aliphatic heterocycles. The van der Waals surface area contributed by atoms with Crippen LogP contribution in [0.3, 0.4) is 0 Å². The summed E-state index contributed by atoms with van der Waals surface area (Å²) in [7, 11) is 0. The molecule has 0 radical (unpaired) electrons. The van der Waals surface area contributed by atoms with Crippen LogP contribution in [0.5, 0.6) is 0 Å². The van der Waals surface area contributed by atoms with Crippen molar-refractivity contribution >= 4 is 28.8 Å². The molecule has 1 aromatic heterocycles. The van der Waals surface area contributed by atoms with Gasteiger partial charge in [-0.15, -0.1) is 11.3 Å². The molecule has 17 heavy (non-hydrogen) atoms. The van der Waals surface area contributed by atoms with Gasteiger partial charge >= 0.3 is 0 Å².